The summed E-state index contributed by atoms with van der Waals surface area (Å²) in [5, 5.41) is 0. The van der Waals surface area contributed by atoms with Crippen LogP contribution in [0.1, 0.15) is 53.0 Å². The van der Waals surface area contributed by atoms with Gasteiger partial charge in [0.05, 0.1) is 12.0 Å². The van der Waals surface area contributed by atoms with Gasteiger partial charge in [-0.2, -0.15) is 0 Å². The minimum atomic E-state index is -0.450. The second-order valence-electron chi connectivity index (χ2n) is 5.37. The molecule has 3 heteroatoms. The summed E-state index contributed by atoms with van der Waals surface area (Å²) in [7, 11) is 1.83. The number of ether oxygens (including phenoxy) is 1. The summed E-state index contributed by atoms with van der Waals surface area (Å²) >= 11 is 0. The Morgan fingerprint density at radius 3 is 2.50 bits per heavy atom. The maximum absolute atomic E-state index is 12.1. The fourth-order valence-corrected chi connectivity index (χ4v) is 2.38. The van der Waals surface area contributed by atoms with Crippen LogP contribution in [0.25, 0.3) is 0 Å². The highest BCUT2D eigenvalue weighted by molar-refractivity contribution is 6.07. The predicted molar refractivity (Wildman–Crippen MR) is 84.6 cm³/mol. The van der Waals surface area contributed by atoms with Crippen molar-refractivity contribution in [2.45, 2.75) is 52.9 Å². The van der Waals surface area contributed by atoms with Gasteiger partial charge in [-0.25, -0.2) is 0 Å². The lowest BCUT2D eigenvalue weighted by Gasteiger charge is -2.16. The molecule has 3 nitrogen and oxygen atoms in total. The molecule has 1 amide bonds. The Morgan fingerprint density at radius 2 is 1.90 bits per heavy atom. The molecule has 2 rings (SSSR count). The molecule has 1 heterocycles. The van der Waals surface area contributed by atoms with Crippen molar-refractivity contribution in [3.05, 3.63) is 23.8 Å². The summed E-state index contributed by atoms with van der Waals surface area (Å²) in [6.07, 6.45) is 2.18. The monoisotopic (exact) mass is 277 g/mol. The fraction of sp³-hybridized carbons (Fsp3) is 0.588. The molecule has 0 unspecified atom stereocenters. The zero-order valence-corrected chi connectivity index (χ0v) is 13.6. The molecule has 1 aromatic rings. The molecule has 0 radical (unpaired) electrons. The Bertz CT molecular complexity index is 466. The normalized spacial score (nSPS) is 15.5. The van der Waals surface area contributed by atoms with Gasteiger partial charge >= 0.3 is 0 Å². The van der Waals surface area contributed by atoms with Crippen molar-refractivity contribution >= 4 is 11.6 Å². The van der Waals surface area contributed by atoms with E-state index >= 15 is 0 Å². The van der Waals surface area contributed by atoms with Gasteiger partial charge in [0, 0.05) is 12.7 Å². The third kappa shape index (κ3) is 2.97. The minimum Gasteiger partial charge on any atom is -0.494 e. The molecular weight excluding hydrogens is 250 g/mol. The van der Waals surface area contributed by atoms with Crippen molar-refractivity contribution in [3.8, 4) is 5.75 Å². The fourth-order valence-electron chi connectivity index (χ4n) is 2.38. The Kier molecular flexibility index (Phi) is 5.61. The lowest BCUT2D eigenvalue weighted by Crippen LogP contribution is -2.33. The van der Waals surface area contributed by atoms with Crippen LogP contribution in [0.2, 0.25) is 0 Å². The lowest BCUT2D eigenvalue weighted by atomic mass is 9.86. The summed E-state index contributed by atoms with van der Waals surface area (Å²) in [4.78, 5) is 13.9. The number of carbonyl (C=O) groups is 1. The highest BCUT2D eigenvalue weighted by Crippen LogP contribution is 2.42. The molecule has 0 aliphatic carbocycles. The molecular formula is C17H27NO2. The molecule has 0 N–H and O–H groups in total. The number of fused-ring (bicyclic) bond motifs is 1. The van der Waals surface area contributed by atoms with Crippen molar-refractivity contribution in [1.82, 2.24) is 0 Å². The maximum Gasteiger partial charge on any atom is 0.236 e. The molecule has 1 aliphatic heterocycles. The van der Waals surface area contributed by atoms with Crippen molar-refractivity contribution in [1.29, 1.82) is 0 Å². The number of hydrogen-bond donors (Lipinski definition) is 0. The number of hydrogen-bond acceptors (Lipinski definition) is 2. The third-order valence-corrected chi connectivity index (χ3v) is 3.61. The number of nitrogens with zero attached hydrogens (tertiary/aromatic N) is 1. The molecule has 0 bridgehead atoms. The van der Waals surface area contributed by atoms with Crippen LogP contribution in [0.5, 0.6) is 5.75 Å². The van der Waals surface area contributed by atoms with E-state index in [2.05, 4.69) is 6.92 Å². The summed E-state index contributed by atoms with van der Waals surface area (Å²) in [6, 6.07) is 5.93. The number of anilines is 1. The van der Waals surface area contributed by atoms with E-state index in [9.17, 15) is 4.79 Å². The molecule has 0 fully saturated rings. The number of rotatable bonds is 4. The van der Waals surface area contributed by atoms with Gasteiger partial charge in [0.25, 0.3) is 0 Å². The second kappa shape index (κ2) is 6.78. The Balaban J connectivity index is 0.000000956. The van der Waals surface area contributed by atoms with Crippen molar-refractivity contribution in [3.63, 3.8) is 0 Å². The summed E-state index contributed by atoms with van der Waals surface area (Å²) in [6.45, 7) is 10.8. The first-order valence-corrected chi connectivity index (χ1v) is 7.54. The van der Waals surface area contributed by atoms with Crippen molar-refractivity contribution < 1.29 is 9.53 Å². The van der Waals surface area contributed by atoms with Gasteiger partial charge in [-0.1, -0.05) is 27.2 Å². The summed E-state index contributed by atoms with van der Waals surface area (Å²) < 4.78 is 5.71. The molecule has 0 saturated carbocycles. The van der Waals surface area contributed by atoms with E-state index in [4.69, 9.17) is 4.74 Å². The van der Waals surface area contributed by atoms with Gasteiger partial charge in [-0.3, -0.25) is 4.79 Å². The second-order valence-corrected chi connectivity index (χ2v) is 5.37. The van der Waals surface area contributed by atoms with Crippen LogP contribution in [-0.4, -0.2) is 19.6 Å². The van der Waals surface area contributed by atoms with Gasteiger partial charge < -0.3 is 9.64 Å². The van der Waals surface area contributed by atoms with Crippen LogP contribution >= 0.6 is 0 Å². The van der Waals surface area contributed by atoms with E-state index in [1.54, 1.807) is 4.90 Å². The summed E-state index contributed by atoms with van der Waals surface area (Å²) in [5.41, 5.74) is 1.60. The minimum absolute atomic E-state index is 0.142. The molecule has 0 spiro atoms. The Hall–Kier alpha value is -1.51. The zero-order chi connectivity index (χ0) is 15.3. The van der Waals surface area contributed by atoms with E-state index in [1.165, 1.54) is 0 Å². The number of carbonyl (C=O) groups excluding carboxylic acids is 1. The predicted octanol–water partition coefficient (Wildman–Crippen LogP) is 4.15. The molecule has 1 aliphatic rings. The van der Waals surface area contributed by atoms with Gasteiger partial charge in [-0.05, 0) is 44.0 Å². The molecule has 0 atom stereocenters. The topological polar surface area (TPSA) is 29.5 Å². The number of amides is 1. The van der Waals surface area contributed by atoms with Crippen molar-refractivity contribution in [2.24, 2.45) is 0 Å². The highest BCUT2D eigenvalue weighted by atomic mass is 16.5. The van der Waals surface area contributed by atoms with Gasteiger partial charge in [0.2, 0.25) is 5.91 Å². The standard InChI is InChI=1S/C15H21NO2.C2H6/c1-5-6-9-18-11-7-8-13-12(10-11)15(2,3)14(17)16(13)4;1-2/h7-8,10H,5-6,9H2,1-4H3;1-2H3. The van der Waals surface area contributed by atoms with E-state index < -0.39 is 5.41 Å². The van der Waals surface area contributed by atoms with E-state index in [0.717, 1.165) is 36.4 Å². The van der Waals surface area contributed by atoms with Crippen LogP contribution in [0.4, 0.5) is 5.69 Å². The molecule has 20 heavy (non-hydrogen) atoms. The maximum atomic E-state index is 12.1. The van der Waals surface area contributed by atoms with Crippen LogP contribution in [0.3, 0.4) is 0 Å². The Labute approximate surface area is 122 Å². The van der Waals surface area contributed by atoms with E-state index in [-0.39, 0.29) is 5.91 Å². The number of likely N-dealkylation sites (N-methyl/N-ethyl adjacent to an activating group) is 1. The van der Waals surface area contributed by atoms with Crippen LogP contribution in [0.15, 0.2) is 18.2 Å². The first kappa shape index (κ1) is 16.5. The van der Waals surface area contributed by atoms with E-state index in [0.29, 0.717) is 0 Å². The number of unbranched alkanes of at least 4 members (excludes halogenated alkanes) is 1. The van der Waals surface area contributed by atoms with Gasteiger partial charge in [0.15, 0.2) is 0 Å². The first-order valence-electron chi connectivity index (χ1n) is 7.54. The van der Waals surface area contributed by atoms with Crippen molar-refractivity contribution in [2.75, 3.05) is 18.6 Å². The Morgan fingerprint density at radius 1 is 1.25 bits per heavy atom. The van der Waals surface area contributed by atoms with Crippen LogP contribution < -0.4 is 9.64 Å². The molecule has 0 aromatic heterocycles. The quantitative estimate of drug-likeness (QED) is 0.774. The van der Waals surface area contributed by atoms with Crippen LogP contribution in [-0.2, 0) is 10.2 Å². The molecule has 112 valence electrons. The van der Waals surface area contributed by atoms with E-state index in [1.807, 2.05) is 52.9 Å². The molecule has 1 aromatic carbocycles. The average Bonchev–Trinajstić information content (AvgIpc) is 2.63. The zero-order valence-electron chi connectivity index (χ0n) is 13.6. The first-order chi connectivity index (χ1) is 9.48. The van der Waals surface area contributed by atoms with Crippen LogP contribution in [0, 0.1) is 0 Å². The van der Waals surface area contributed by atoms with Gasteiger partial charge in [-0.15, -0.1) is 0 Å². The third-order valence-electron chi connectivity index (χ3n) is 3.61. The SMILES string of the molecule is CC.CCCCOc1ccc2c(c1)C(C)(C)C(=O)N2C. The largest absolute Gasteiger partial charge is 0.494 e. The average molecular weight is 277 g/mol. The van der Waals surface area contributed by atoms with Gasteiger partial charge in [0.1, 0.15) is 5.75 Å². The number of benzene rings is 1. The molecule has 0 saturated heterocycles. The summed E-state index contributed by atoms with van der Waals surface area (Å²) in [5.74, 6) is 1.00. The highest BCUT2D eigenvalue weighted by Gasteiger charge is 2.42. The lowest BCUT2D eigenvalue weighted by molar-refractivity contribution is -0.121. The smallest absolute Gasteiger partial charge is 0.236 e.